The van der Waals surface area contributed by atoms with Gasteiger partial charge in [-0.2, -0.15) is 0 Å². The molecule has 4 heteroatoms. The van der Waals surface area contributed by atoms with Gasteiger partial charge in [-0.3, -0.25) is 4.79 Å². The van der Waals surface area contributed by atoms with Gasteiger partial charge in [-0.15, -0.1) is 0 Å². The molecule has 0 saturated heterocycles. The lowest BCUT2D eigenvalue weighted by Crippen LogP contribution is -2.06. The van der Waals surface area contributed by atoms with Gasteiger partial charge in [0.2, 0.25) is 0 Å². The highest BCUT2D eigenvalue weighted by Crippen LogP contribution is 2.08. The molecule has 0 saturated carbocycles. The Labute approximate surface area is 113 Å². The number of esters is 1. The van der Waals surface area contributed by atoms with E-state index in [1.54, 1.807) is 19.2 Å². The average Bonchev–Trinajstić information content (AvgIpc) is 2.90. The number of rotatable bonds is 9. The fourth-order valence-corrected chi connectivity index (χ4v) is 1.67. The molecule has 0 unspecified atom stereocenters. The molecule has 1 heterocycles. The highest BCUT2D eigenvalue weighted by molar-refractivity contribution is 5.94. The zero-order chi connectivity index (χ0) is 14.1. The highest BCUT2D eigenvalue weighted by Gasteiger charge is 2.05. The van der Waals surface area contributed by atoms with Crippen molar-refractivity contribution in [2.75, 3.05) is 6.61 Å². The predicted molar refractivity (Wildman–Crippen MR) is 74.0 cm³/mol. The summed E-state index contributed by atoms with van der Waals surface area (Å²) >= 11 is 0. The maximum Gasteiger partial charge on any atom is 0.333 e. The minimum absolute atomic E-state index is 0.152. The number of hydrogen-bond donors (Lipinski definition) is 1. The molecule has 0 aliphatic rings. The van der Waals surface area contributed by atoms with E-state index in [2.05, 4.69) is 11.6 Å². The van der Waals surface area contributed by atoms with E-state index in [0.717, 1.165) is 25.7 Å². The van der Waals surface area contributed by atoms with E-state index in [9.17, 15) is 9.59 Å². The maximum absolute atomic E-state index is 11.6. The molecular formula is C15H21NO3. The Morgan fingerprint density at radius 2 is 2.00 bits per heavy atom. The smallest absolute Gasteiger partial charge is 0.333 e. The second kappa shape index (κ2) is 8.29. The number of carbonyl (C=O) groups is 2. The Hall–Kier alpha value is -1.84. The van der Waals surface area contributed by atoms with Gasteiger partial charge in [0.1, 0.15) is 0 Å². The summed E-state index contributed by atoms with van der Waals surface area (Å²) in [6, 6.07) is 3.61. The first kappa shape index (κ1) is 15.2. The lowest BCUT2D eigenvalue weighted by molar-refractivity contribution is -0.139. The first-order chi connectivity index (χ1) is 9.11. The molecule has 0 radical (unpaired) electrons. The molecule has 0 bridgehead atoms. The van der Waals surface area contributed by atoms with E-state index < -0.39 is 0 Å². The number of ether oxygens (including phenoxy) is 1. The summed E-state index contributed by atoms with van der Waals surface area (Å²) in [4.78, 5) is 25.6. The molecule has 0 spiro atoms. The molecule has 104 valence electrons. The molecule has 1 aromatic rings. The Bertz CT molecular complexity index is 421. The molecule has 0 amide bonds. The third-order valence-electron chi connectivity index (χ3n) is 2.78. The Morgan fingerprint density at radius 1 is 1.26 bits per heavy atom. The number of hydrogen-bond acceptors (Lipinski definition) is 3. The van der Waals surface area contributed by atoms with Crippen molar-refractivity contribution < 1.29 is 14.3 Å². The van der Waals surface area contributed by atoms with Crippen LogP contribution in [0.2, 0.25) is 0 Å². The average molecular weight is 263 g/mol. The number of nitrogens with one attached hydrogen (secondary N) is 1. The number of unbranched alkanes of at least 4 members (excludes halogenated alkanes) is 3. The molecule has 0 aromatic carbocycles. The normalized spacial score (nSPS) is 10.2. The monoisotopic (exact) mass is 263 g/mol. The van der Waals surface area contributed by atoms with Crippen LogP contribution in [0.15, 0.2) is 30.5 Å². The summed E-state index contributed by atoms with van der Waals surface area (Å²) in [5.74, 6) is -0.180. The summed E-state index contributed by atoms with van der Waals surface area (Å²) in [5.41, 5.74) is 1.10. The largest absolute Gasteiger partial charge is 0.462 e. The number of aromatic nitrogens is 1. The lowest BCUT2D eigenvalue weighted by Gasteiger charge is -2.04. The fourth-order valence-electron chi connectivity index (χ4n) is 1.67. The van der Waals surface area contributed by atoms with Crippen LogP contribution < -0.4 is 0 Å². The van der Waals surface area contributed by atoms with Crippen molar-refractivity contribution in [3.63, 3.8) is 0 Å². The van der Waals surface area contributed by atoms with Crippen molar-refractivity contribution in [2.45, 2.75) is 39.0 Å². The van der Waals surface area contributed by atoms with E-state index in [1.165, 1.54) is 0 Å². The Kier molecular flexibility index (Phi) is 6.64. The minimum atomic E-state index is -0.332. The van der Waals surface area contributed by atoms with Crippen LogP contribution in [0.5, 0.6) is 0 Å². The van der Waals surface area contributed by atoms with Crippen LogP contribution in [0.4, 0.5) is 0 Å². The molecule has 0 aliphatic heterocycles. The second-order valence-corrected chi connectivity index (χ2v) is 4.59. The van der Waals surface area contributed by atoms with Crippen LogP contribution in [-0.4, -0.2) is 23.3 Å². The zero-order valence-corrected chi connectivity index (χ0v) is 11.4. The fraction of sp³-hybridized carbons (Fsp3) is 0.467. The zero-order valence-electron chi connectivity index (χ0n) is 11.4. The Morgan fingerprint density at radius 3 is 2.63 bits per heavy atom. The van der Waals surface area contributed by atoms with Crippen LogP contribution in [0.3, 0.4) is 0 Å². The van der Waals surface area contributed by atoms with Gasteiger partial charge < -0.3 is 9.72 Å². The summed E-state index contributed by atoms with van der Waals surface area (Å²) in [6.45, 7) is 5.57. The van der Waals surface area contributed by atoms with Crippen molar-refractivity contribution in [1.82, 2.24) is 4.98 Å². The van der Waals surface area contributed by atoms with Crippen molar-refractivity contribution in [1.29, 1.82) is 0 Å². The summed E-state index contributed by atoms with van der Waals surface area (Å²) in [6.07, 6.45) is 5.94. The molecule has 19 heavy (non-hydrogen) atoms. The highest BCUT2D eigenvalue weighted by atomic mass is 16.5. The minimum Gasteiger partial charge on any atom is -0.462 e. The van der Waals surface area contributed by atoms with Crippen molar-refractivity contribution in [2.24, 2.45) is 0 Å². The van der Waals surface area contributed by atoms with E-state index in [0.29, 0.717) is 24.3 Å². The first-order valence-corrected chi connectivity index (χ1v) is 6.60. The van der Waals surface area contributed by atoms with Gasteiger partial charge in [0, 0.05) is 18.2 Å². The van der Waals surface area contributed by atoms with E-state index in [4.69, 9.17) is 4.74 Å². The van der Waals surface area contributed by atoms with Crippen LogP contribution in [0.25, 0.3) is 0 Å². The van der Waals surface area contributed by atoms with Crippen LogP contribution in [0.1, 0.15) is 49.5 Å². The van der Waals surface area contributed by atoms with E-state index in [-0.39, 0.29) is 11.8 Å². The molecule has 1 rings (SSSR count). The number of carbonyl (C=O) groups excluding carboxylic acids is 2. The number of ketones is 1. The van der Waals surface area contributed by atoms with Crippen molar-refractivity contribution in [3.05, 3.63) is 36.2 Å². The quantitative estimate of drug-likeness (QED) is 0.322. The van der Waals surface area contributed by atoms with Gasteiger partial charge in [0.25, 0.3) is 0 Å². The maximum atomic E-state index is 11.6. The standard InChI is InChI=1S/C15H21NO3/c1-12(2)15(18)19-11-6-4-3-5-9-14(17)13-8-7-10-16-13/h7-8,10,16H,1,3-6,9,11H2,2H3. The summed E-state index contributed by atoms with van der Waals surface area (Å²) < 4.78 is 4.98. The van der Waals surface area contributed by atoms with Crippen molar-refractivity contribution in [3.8, 4) is 0 Å². The predicted octanol–water partition coefficient (Wildman–Crippen LogP) is 3.27. The molecular weight excluding hydrogens is 242 g/mol. The lowest BCUT2D eigenvalue weighted by atomic mass is 10.1. The third-order valence-corrected chi connectivity index (χ3v) is 2.78. The Balaban J connectivity index is 1.98. The van der Waals surface area contributed by atoms with Gasteiger partial charge in [0.15, 0.2) is 5.78 Å². The van der Waals surface area contributed by atoms with Crippen LogP contribution in [0, 0.1) is 0 Å². The first-order valence-electron chi connectivity index (χ1n) is 6.60. The summed E-state index contributed by atoms with van der Waals surface area (Å²) in [7, 11) is 0. The van der Waals surface area contributed by atoms with Gasteiger partial charge in [-0.05, 0) is 31.9 Å². The van der Waals surface area contributed by atoms with Gasteiger partial charge in [-0.1, -0.05) is 19.4 Å². The number of aromatic amines is 1. The molecule has 4 nitrogen and oxygen atoms in total. The molecule has 0 aliphatic carbocycles. The van der Waals surface area contributed by atoms with Crippen LogP contribution in [-0.2, 0) is 9.53 Å². The molecule has 0 fully saturated rings. The van der Waals surface area contributed by atoms with E-state index >= 15 is 0 Å². The SMILES string of the molecule is C=C(C)C(=O)OCCCCCCC(=O)c1ccc[nH]1. The van der Waals surface area contributed by atoms with Crippen LogP contribution >= 0.6 is 0 Å². The van der Waals surface area contributed by atoms with Gasteiger partial charge >= 0.3 is 5.97 Å². The topological polar surface area (TPSA) is 59.2 Å². The molecule has 0 atom stereocenters. The third kappa shape index (κ3) is 6.04. The number of H-pyrrole nitrogens is 1. The summed E-state index contributed by atoms with van der Waals surface area (Å²) in [5, 5.41) is 0. The number of Topliss-reactive ketones (excluding diaryl/α,β-unsaturated/α-hetero) is 1. The second-order valence-electron chi connectivity index (χ2n) is 4.59. The van der Waals surface area contributed by atoms with E-state index in [1.807, 2.05) is 6.07 Å². The van der Waals surface area contributed by atoms with Gasteiger partial charge in [0.05, 0.1) is 12.3 Å². The van der Waals surface area contributed by atoms with Crippen molar-refractivity contribution >= 4 is 11.8 Å². The van der Waals surface area contributed by atoms with Gasteiger partial charge in [-0.25, -0.2) is 4.79 Å². The molecule has 1 aromatic heterocycles. The molecule has 1 N–H and O–H groups in total.